The Morgan fingerprint density at radius 3 is 2.18 bits per heavy atom. The van der Waals surface area contributed by atoms with E-state index in [1.165, 1.54) is 18.2 Å². The first-order valence-corrected chi connectivity index (χ1v) is 4.51. The van der Waals surface area contributed by atoms with Gasteiger partial charge in [0.2, 0.25) is 0 Å². The lowest BCUT2D eigenvalue weighted by atomic mass is 10.4. The second kappa shape index (κ2) is 2.81. The molecular weight excluding hydrogens is 188 g/mol. The van der Waals surface area contributed by atoms with E-state index in [9.17, 15) is 13.0 Å². The standard InChI is InChI=1S/C6H5ClO3S/c7-5-3-1-2-4-6(5)11(8,9)10/h1-4H,(H,8,9,10)/p-1. The Morgan fingerprint density at radius 2 is 1.82 bits per heavy atom. The maximum Gasteiger partial charge on any atom is 0.125 e. The average Bonchev–Trinajstić information content (AvgIpc) is 1.86. The summed E-state index contributed by atoms with van der Waals surface area (Å²) in [5, 5.41) is -0.0394. The minimum Gasteiger partial charge on any atom is -0.744 e. The van der Waals surface area contributed by atoms with Crippen molar-refractivity contribution in [1.29, 1.82) is 0 Å². The van der Waals surface area contributed by atoms with E-state index in [0.29, 0.717) is 0 Å². The van der Waals surface area contributed by atoms with Crippen LogP contribution in [0.4, 0.5) is 0 Å². The van der Waals surface area contributed by atoms with E-state index in [1.54, 1.807) is 6.07 Å². The fourth-order valence-electron chi connectivity index (χ4n) is 0.647. The van der Waals surface area contributed by atoms with Gasteiger partial charge in [-0.25, -0.2) is 8.42 Å². The van der Waals surface area contributed by atoms with E-state index >= 15 is 0 Å². The van der Waals surface area contributed by atoms with Gasteiger partial charge < -0.3 is 4.55 Å². The summed E-state index contributed by atoms with van der Waals surface area (Å²) in [4.78, 5) is -0.373. The zero-order valence-corrected chi connectivity index (χ0v) is 6.89. The van der Waals surface area contributed by atoms with Gasteiger partial charge >= 0.3 is 0 Å². The molecule has 0 unspecified atom stereocenters. The summed E-state index contributed by atoms with van der Waals surface area (Å²) in [5.41, 5.74) is 0. The molecule has 0 amide bonds. The van der Waals surface area contributed by atoms with E-state index in [2.05, 4.69) is 0 Å². The van der Waals surface area contributed by atoms with Gasteiger partial charge in [0.05, 0.1) is 9.92 Å². The van der Waals surface area contributed by atoms with Crippen LogP contribution in [0, 0.1) is 0 Å². The molecule has 0 radical (unpaired) electrons. The van der Waals surface area contributed by atoms with Gasteiger partial charge in [-0.15, -0.1) is 0 Å². The summed E-state index contributed by atoms with van der Waals surface area (Å²) in [7, 11) is -4.42. The highest BCUT2D eigenvalue weighted by Gasteiger charge is 2.04. The van der Waals surface area contributed by atoms with Crippen LogP contribution in [0.2, 0.25) is 5.02 Å². The van der Waals surface area contributed by atoms with Gasteiger partial charge in [0.15, 0.2) is 0 Å². The molecule has 0 fully saturated rings. The predicted molar refractivity (Wildman–Crippen MR) is 39.4 cm³/mol. The van der Waals surface area contributed by atoms with Crippen molar-refractivity contribution in [1.82, 2.24) is 0 Å². The van der Waals surface area contributed by atoms with Gasteiger partial charge in [-0.2, -0.15) is 0 Å². The first-order valence-electron chi connectivity index (χ1n) is 2.72. The Morgan fingerprint density at radius 1 is 1.27 bits per heavy atom. The second-order valence-electron chi connectivity index (χ2n) is 1.88. The number of rotatable bonds is 1. The van der Waals surface area contributed by atoms with Gasteiger partial charge in [-0.1, -0.05) is 23.7 Å². The molecule has 0 aromatic heterocycles. The first-order chi connectivity index (χ1) is 5.02. The molecule has 3 nitrogen and oxygen atoms in total. The van der Waals surface area contributed by atoms with Crippen molar-refractivity contribution in [3.63, 3.8) is 0 Å². The summed E-state index contributed by atoms with van der Waals surface area (Å²) < 4.78 is 31.2. The van der Waals surface area contributed by atoms with Crippen molar-refractivity contribution in [3.8, 4) is 0 Å². The van der Waals surface area contributed by atoms with Gasteiger partial charge in [-0.05, 0) is 12.1 Å². The van der Waals surface area contributed by atoms with Crippen molar-refractivity contribution < 1.29 is 13.0 Å². The zero-order valence-electron chi connectivity index (χ0n) is 5.32. The van der Waals surface area contributed by atoms with E-state index in [-0.39, 0.29) is 9.92 Å². The van der Waals surface area contributed by atoms with Gasteiger partial charge in [0.25, 0.3) is 0 Å². The van der Waals surface area contributed by atoms with Gasteiger partial charge in [-0.3, -0.25) is 0 Å². The molecule has 0 aliphatic heterocycles. The molecule has 1 rings (SSSR count). The summed E-state index contributed by atoms with van der Waals surface area (Å²) in [6.07, 6.45) is 0. The molecule has 0 aliphatic carbocycles. The lowest BCUT2D eigenvalue weighted by Crippen LogP contribution is -1.98. The first kappa shape index (κ1) is 8.52. The van der Waals surface area contributed by atoms with E-state index in [4.69, 9.17) is 11.6 Å². The van der Waals surface area contributed by atoms with Crippen LogP contribution < -0.4 is 0 Å². The maximum atomic E-state index is 10.4. The highest BCUT2D eigenvalue weighted by atomic mass is 35.5. The van der Waals surface area contributed by atoms with E-state index in [0.717, 1.165) is 0 Å². The fourth-order valence-corrected chi connectivity index (χ4v) is 1.62. The topological polar surface area (TPSA) is 57.2 Å². The lowest BCUT2D eigenvalue weighted by Gasteiger charge is -2.07. The smallest absolute Gasteiger partial charge is 0.125 e. The van der Waals surface area contributed by atoms with E-state index < -0.39 is 10.1 Å². The molecule has 1 aromatic rings. The van der Waals surface area contributed by atoms with Crippen LogP contribution in [0.3, 0.4) is 0 Å². The molecule has 0 spiro atoms. The normalized spacial score (nSPS) is 11.5. The highest BCUT2D eigenvalue weighted by Crippen LogP contribution is 2.19. The molecular formula is C6H4ClO3S-. The summed E-state index contributed by atoms with van der Waals surface area (Å²) in [6.45, 7) is 0. The van der Waals surface area contributed by atoms with Crippen LogP contribution in [0.5, 0.6) is 0 Å². The van der Waals surface area contributed by atoms with Gasteiger partial charge in [0, 0.05) is 0 Å². The molecule has 1 aromatic carbocycles. The molecule has 0 aliphatic rings. The summed E-state index contributed by atoms with van der Waals surface area (Å²) in [5.74, 6) is 0. The van der Waals surface area contributed by atoms with Crippen LogP contribution in [-0.2, 0) is 10.1 Å². The number of hydrogen-bond acceptors (Lipinski definition) is 3. The van der Waals surface area contributed by atoms with Crippen LogP contribution in [0.15, 0.2) is 29.2 Å². The molecule has 0 atom stereocenters. The third-order valence-electron chi connectivity index (χ3n) is 1.11. The number of halogens is 1. The zero-order chi connectivity index (χ0) is 8.48. The largest absolute Gasteiger partial charge is 0.744 e. The lowest BCUT2D eigenvalue weighted by molar-refractivity contribution is 0.463. The maximum absolute atomic E-state index is 10.4. The summed E-state index contributed by atoms with van der Waals surface area (Å²) >= 11 is 5.43. The number of hydrogen-bond donors (Lipinski definition) is 0. The molecule has 0 heterocycles. The molecule has 60 valence electrons. The van der Waals surface area contributed by atoms with Crippen molar-refractivity contribution >= 4 is 21.7 Å². The summed E-state index contributed by atoms with van der Waals surface area (Å²) in [6, 6.07) is 5.52. The molecule has 0 N–H and O–H groups in total. The Hall–Kier alpha value is -0.580. The molecule has 0 saturated heterocycles. The Bertz CT molecular complexity index is 358. The molecule has 11 heavy (non-hydrogen) atoms. The molecule has 0 bridgehead atoms. The van der Waals surface area contributed by atoms with Crippen molar-refractivity contribution in [2.24, 2.45) is 0 Å². The third-order valence-corrected chi connectivity index (χ3v) is 2.44. The minimum absolute atomic E-state index is 0.0394. The molecule has 5 heteroatoms. The minimum atomic E-state index is -4.42. The Balaban J connectivity index is 3.37. The Labute approximate surface area is 69.4 Å². The quantitative estimate of drug-likeness (QED) is 0.628. The average molecular weight is 192 g/mol. The second-order valence-corrected chi connectivity index (χ2v) is 3.64. The predicted octanol–water partition coefficient (Wildman–Crippen LogP) is 1.24. The molecule has 0 saturated carbocycles. The van der Waals surface area contributed by atoms with Crippen LogP contribution in [0.1, 0.15) is 0 Å². The van der Waals surface area contributed by atoms with E-state index in [1.807, 2.05) is 0 Å². The van der Waals surface area contributed by atoms with Crippen LogP contribution in [-0.4, -0.2) is 13.0 Å². The van der Waals surface area contributed by atoms with Gasteiger partial charge in [0.1, 0.15) is 10.1 Å². The Kier molecular flexibility index (Phi) is 2.17. The third kappa shape index (κ3) is 1.92. The SMILES string of the molecule is O=S(=O)([O-])c1ccccc1Cl. The monoisotopic (exact) mass is 191 g/mol. The van der Waals surface area contributed by atoms with Crippen molar-refractivity contribution in [3.05, 3.63) is 29.3 Å². The van der Waals surface area contributed by atoms with Crippen molar-refractivity contribution in [2.45, 2.75) is 4.90 Å². The van der Waals surface area contributed by atoms with Crippen molar-refractivity contribution in [2.75, 3.05) is 0 Å². The van der Waals surface area contributed by atoms with Crippen LogP contribution >= 0.6 is 11.6 Å². The highest BCUT2D eigenvalue weighted by molar-refractivity contribution is 7.85. The number of benzene rings is 1. The fraction of sp³-hybridized carbons (Fsp3) is 0. The van der Waals surface area contributed by atoms with Crippen LogP contribution in [0.25, 0.3) is 0 Å².